The summed E-state index contributed by atoms with van der Waals surface area (Å²) in [6.07, 6.45) is 0. The summed E-state index contributed by atoms with van der Waals surface area (Å²) < 4.78 is 34.5. The van der Waals surface area contributed by atoms with Crippen LogP contribution in [0.2, 0.25) is 5.02 Å². The Kier molecular flexibility index (Phi) is 6.13. The van der Waals surface area contributed by atoms with E-state index in [0.29, 0.717) is 30.2 Å². The highest BCUT2D eigenvalue weighted by molar-refractivity contribution is 6.30. The number of rotatable bonds is 5. The number of ether oxygens (including phenoxy) is 2. The number of carbonyl (C=O) groups is 1. The van der Waals surface area contributed by atoms with Gasteiger partial charge in [0.15, 0.2) is 11.5 Å². The van der Waals surface area contributed by atoms with E-state index >= 15 is 0 Å². The van der Waals surface area contributed by atoms with Gasteiger partial charge in [-0.05, 0) is 35.9 Å². The second kappa shape index (κ2) is 8.54. The summed E-state index contributed by atoms with van der Waals surface area (Å²) in [5.74, 6) is -0.255. The molecule has 8 heteroatoms. The van der Waals surface area contributed by atoms with Crippen LogP contribution in [0.15, 0.2) is 42.5 Å². The van der Waals surface area contributed by atoms with Crippen molar-refractivity contribution in [3.05, 3.63) is 58.6 Å². The molecule has 0 aliphatic carbocycles. The molecule has 27 heavy (non-hydrogen) atoms. The molecule has 3 rings (SSSR count). The Balaban J connectivity index is 1.88. The largest absolute Gasteiger partial charge is 0.493 e. The van der Waals surface area contributed by atoms with Crippen molar-refractivity contribution < 1.29 is 23.0 Å². The van der Waals surface area contributed by atoms with Crippen molar-refractivity contribution in [3.63, 3.8) is 0 Å². The lowest BCUT2D eigenvalue weighted by Crippen LogP contribution is -2.48. The van der Waals surface area contributed by atoms with Crippen molar-refractivity contribution >= 4 is 17.5 Å². The maximum absolute atomic E-state index is 13.1. The maximum Gasteiger partial charge on any atom is 0.387 e. The number of halogens is 3. The fraction of sp³-hybridized carbons (Fsp3) is 0.316. The zero-order chi connectivity index (χ0) is 19.4. The molecule has 2 aromatic rings. The summed E-state index contributed by atoms with van der Waals surface area (Å²) in [7, 11) is 1.33. The molecule has 0 radical (unpaired) electrons. The lowest BCUT2D eigenvalue weighted by Gasteiger charge is -2.36. The summed E-state index contributed by atoms with van der Waals surface area (Å²) in [5.41, 5.74) is 1.26. The summed E-state index contributed by atoms with van der Waals surface area (Å²) in [5, 5.41) is 3.88. The molecule has 1 N–H and O–H groups in total. The number of methoxy groups -OCH3 is 1. The van der Waals surface area contributed by atoms with Crippen molar-refractivity contribution in [3.8, 4) is 11.5 Å². The molecule has 1 heterocycles. The van der Waals surface area contributed by atoms with Crippen molar-refractivity contribution in [2.24, 2.45) is 0 Å². The highest BCUT2D eigenvalue weighted by atomic mass is 35.5. The van der Waals surface area contributed by atoms with E-state index in [9.17, 15) is 13.6 Å². The number of amides is 1. The predicted molar refractivity (Wildman–Crippen MR) is 97.7 cm³/mol. The van der Waals surface area contributed by atoms with Gasteiger partial charge < -0.3 is 19.7 Å². The average Bonchev–Trinajstić information content (AvgIpc) is 2.67. The first kappa shape index (κ1) is 19.4. The van der Waals surface area contributed by atoms with Crippen LogP contribution in [-0.4, -0.2) is 44.2 Å². The molecule has 0 aromatic heterocycles. The molecule has 1 amide bonds. The molecule has 1 saturated heterocycles. The third kappa shape index (κ3) is 4.48. The molecular weight excluding hydrogens is 378 g/mol. The van der Waals surface area contributed by atoms with Crippen molar-refractivity contribution in [2.75, 3.05) is 26.7 Å². The van der Waals surface area contributed by atoms with Crippen LogP contribution < -0.4 is 14.8 Å². The van der Waals surface area contributed by atoms with Gasteiger partial charge in [-0.2, -0.15) is 8.78 Å². The Bertz CT molecular complexity index is 819. The highest BCUT2D eigenvalue weighted by Crippen LogP contribution is 2.32. The van der Waals surface area contributed by atoms with Crippen LogP contribution >= 0.6 is 11.6 Å². The summed E-state index contributed by atoms with van der Waals surface area (Å²) in [4.78, 5) is 14.8. The third-order valence-electron chi connectivity index (χ3n) is 4.36. The number of carbonyl (C=O) groups excluding carboxylic acids is 1. The SMILES string of the molecule is COc1cc(C(=O)N2CCNCC2c2cccc(Cl)c2)ccc1OC(F)F. The number of alkyl halides is 2. The van der Waals surface area contributed by atoms with Gasteiger partial charge in [0.25, 0.3) is 5.91 Å². The van der Waals surface area contributed by atoms with E-state index < -0.39 is 6.61 Å². The fourth-order valence-corrected chi connectivity index (χ4v) is 3.32. The topological polar surface area (TPSA) is 50.8 Å². The average molecular weight is 397 g/mol. The highest BCUT2D eigenvalue weighted by Gasteiger charge is 2.29. The molecule has 0 bridgehead atoms. The van der Waals surface area contributed by atoms with Gasteiger partial charge in [0, 0.05) is 30.2 Å². The maximum atomic E-state index is 13.1. The number of nitrogens with zero attached hydrogens (tertiary/aromatic N) is 1. The second-order valence-corrected chi connectivity index (χ2v) is 6.45. The minimum absolute atomic E-state index is 0.0792. The summed E-state index contributed by atoms with van der Waals surface area (Å²) in [6.45, 7) is -1.21. The Hall–Kier alpha value is -2.38. The summed E-state index contributed by atoms with van der Waals surface area (Å²) in [6, 6.07) is 11.4. The number of hydrogen-bond acceptors (Lipinski definition) is 4. The molecule has 1 fully saturated rings. The van der Waals surface area contributed by atoms with Crippen LogP contribution in [-0.2, 0) is 0 Å². The number of piperazine rings is 1. The van der Waals surface area contributed by atoms with Crippen LogP contribution in [0.4, 0.5) is 8.78 Å². The Labute approximate surface area is 160 Å². The van der Waals surface area contributed by atoms with Crippen LogP contribution in [0.25, 0.3) is 0 Å². The van der Waals surface area contributed by atoms with E-state index in [4.69, 9.17) is 16.3 Å². The molecular formula is C19H19ClF2N2O3. The molecule has 0 spiro atoms. The quantitative estimate of drug-likeness (QED) is 0.836. The molecule has 1 atom stereocenters. The van der Waals surface area contributed by atoms with E-state index in [2.05, 4.69) is 10.1 Å². The second-order valence-electron chi connectivity index (χ2n) is 6.02. The Morgan fingerprint density at radius 2 is 2.07 bits per heavy atom. The first-order valence-electron chi connectivity index (χ1n) is 8.39. The predicted octanol–water partition coefficient (Wildman–Crippen LogP) is 3.74. The van der Waals surface area contributed by atoms with Gasteiger partial charge in [0.05, 0.1) is 13.2 Å². The van der Waals surface area contributed by atoms with Gasteiger partial charge >= 0.3 is 6.61 Å². The molecule has 2 aromatic carbocycles. The number of benzene rings is 2. The van der Waals surface area contributed by atoms with E-state index in [1.165, 1.54) is 25.3 Å². The van der Waals surface area contributed by atoms with Gasteiger partial charge in [-0.3, -0.25) is 4.79 Å². The molecule has 144 valence electrons. The molecule has 1 aliphatic rings. The van der Waals surface area contributed by atoms with Gasteiger partial charge in [-0.15, -0.1) is 0 Å². The molecule has 1 unspecified atom stereocenters. The van der Waals surface area contributed by atoms with Crippen LogP contribution in [0.3, 0.4) is 0 Å². The smallest absolute Gasteiger partial charge is 0.387 e. The normalized spacial score (nSPS) is 17.1. The monoisotopic (exact) mass is 396 g/mol. The number of hydrogen-bond donors (Lipinski definition) is 1. The zero-order valence-electron chi connectivity index (χ0n) is 14.6. The number of nitrogens with one attached hydrogen (secondary N) is 1. The van der Waals surface area contributed by atoms with Crippen LogP contribution in [0.5, 0.6) is 11.5 Å². The minimum atomic E-state index is -2.97. The zero-order valence-corrected chi connectivity index (χ0v) is 15.4. The first-order valence-corrected chi connectivity index (χ1v) is 8.77. The lowest BCUT2D eigenvalue weighted by molar-refractivity contribution is -0.0512. The standard InChI is InChI=1S/C19H19ClF2N2O3/c1-26-17-10-13(5-6-16(17)27-19(21)22)18(25)24-8-7-23-11-15(24)12-3-2-4-14(20)9-12/h2-6,9-10,15,19,23H,7-8,11H2,1H3. The molecule has 5 nitrogen and oxygen atoms in total. The van der Waals surface area contributed by atoms with Crippen molar-refractivity contribution in [1.29, 1.82) is 0 Å². The van der Waals surface area contributed by atoms with E-state index in [0.717, 1.165) is 5.56 Å². The van der Waals surface area contributed by atoms with Gasteiger partial charge in [0.1, 0.15) is 0 Å². The lowest BCUT2D eigenvalue weighted by atomic mass is 10.0. The molecule has 0 saturated carbocycles. The van der Waals surface area contributed by atoms with E-state index in [1.807, 2.05) is 18.2 Å². The first-order chi connectivity index (χ1) is 13.0. The third-order valence-corrected chi connectivity index (χ3v) is 4.60. The fourth-order valence-electron chi connectivity index (χ4n) is 3.12. The van der Waals surface area contributed by atoms with E-state index in [1.54, 1.807) is 11.0 Å². The van der Waals surface area contributed by atoms with Crippen molar-refractivity contribution in [2.45, 2.75) is 12.7 Å². The molecule has 1 aliphatic heterocycles. The Morgan fingerprint density at radius 3 is 2.78 bits per heavy atom. The van der Waals surface area contributed by atoms with Crippen LogP contribution in [0.1, 0.15) is 22.0 Å². The van der Waals surface area contributed by atoms with Gasteiger partial charge in [0.2, 0.25) is 0 Å². The summed E-state index contributed by atoms with van der Waals surface area (Å²) >= 11 is 6.09. The Morgan fingerprint density at radius 1 is 1.26 bits per heavy atom. The van der Waals surface area contributed by atoms with E-state index in [-0.39, 0.29) is 23.4 Å². The minimum Gasteiger partial charge on any atom is -0.493 e. The van der Waals surface area contributed by atoms with Gasteiger partial charge in [-0.1, -0.05) is 23.7 Å². The van der Waals surface area contributed by atoms with Crippen molar-refractivity contribution in [1.82, 2.24) is 10.2 Å². The van der Waals surface area contributed by atoms with Gasteiger partial charge in [-0.25, -0.2) is 0 Å². The van der Waals surface area contributed by atoms with Crippen LogP contribution in [0, 0.1) is 0 Å².